The number of halogens is 5. The van der Waals surface area contributed by atoms with Crippen molar-refractivity contribution in [2.75, 3.05) is 6.61 Å². The molecule has 0 saturated heterocycles. The van der Waals surface area contributed by atoms with Crippen LogP contribution in [-0.4, -0.2) is 22.4 Å². The molecule has 0 N–H and O–H groups in total. The van der Waals surface area contributed by atoms with Gasteiger partial charge < -0.3 is 9.47 Å². The minimum atomic E-state index is -4.74. The summed E-state index contributed by atoms with van der Waals surface area (Å²) in [6, 6.07) is 4.75. The van der Waals surface area contributed by atoms with Crippen molar-refractivity contribution in [3.63, 3.8) is 0 Å². The summed E-state index contributed by atoms with van der Waals surface area (Å²) in [6.07, 6.45) is -3.21. The molecule has 3 aromatic rings. The molecular formula is C19H15ClF4N2O3. The lowest BCUT2D eigenvalue weighted by molar-refractivity contribution is -0.146. The highest BCUT2D eigenvalue weighted by atomic mass is 35.5. The first-order valence-electron chi connectivity index (χ1n) is 8.49. The van der Waals surface area contributed by atoms with E-state index in [1.54, 1.807) is 19.9 Å². The van der Waals surface area contributed by atoms with Gasteiger partial charge in [-0.15, -0.1) is 0 Å². The number of rotatable bonds is 5. The molecule has 1 heterocycles. The van der Waals surface area contributed by atoms with Crippen LogP contribution >= 0.6 is 11.6 Å². The van der Waals surface area contributed by atoms with Gasteiger partial charge in [-0.25, -0.2) is 9.18 Å². The Morgan fingerprint density at radius 3 is 2.62 bits per heavy atom. The maximum atomic E-state index is 14.2. The van der Waals surface area contributed by atoms with Gasteiger partial charge >= 0.3 is 12.1 Å². The van der Waals surface area contributed by atoms with Crippen LogP contribution in [0.4, 0.5) is 17.6 Å². The van der Waals surface area contributed by atoms with Gasteiger partial charge in [0, 0.05) is 11.5 Å². The number of ether oxygens (including phenoxy) is 2. The molecule has 0 radical (unpaired) electrons. The van der Waals surface area contributed by atoms with Gasteiger partial charge in [-0.3, -0.25) is 4.68 Å². The first-order chi connectivity index (χ1) is 13.6. The van der Waals surface area contributed by atoms with Crippen LogP contribution in [0.2, 0.25) is 5.02 Å². The zero-order valence-corrected chi connectivity index (χ0v) is 16.0. The number of alkyl halides is 3. The predicted molar refractivity (Wildman–Crippen MR) is 97.6 cm³/mol. The van der Waals surface area contributed by atoms with Gasteiger partial charge in [0.05, 0.1) is 28.9 Å². The van der Waals surface area contributed by atoms with Crippen LogP contribution in [0.5, 0.6) is 11.5 Å². The Kier molecular flexibility index (Phi) is 5.70. The van der Waals surface area contributed by atoms with Crippen molar-refractivity contribution in [1.82, 2.24) is 9.78 Å². The van der Waals surface area contributed by atoms with Crippen LogP contribution in [0, 0.1) is 5.82 Å². The maximum absolute atomic E-state index is 14.2. The fourth-order valence-electron chi connectivity index (χ4n) is 2.69. The topological polar surface area (TPSA) is 53.4 Å². The van der Waals surface area contributed by atoms with Gasteiger partial charge in [0.2, 0.25) is 0 Å². The quantitative estimate of drug-likeness (QED) is 0.381. The van der Waals surface area contributed by atoms with E-state index in [2.05, 4.69) is 5.10 Å². The maximum Gasteiger partial charge on any atom is 0.416 e. The van der Waals surface area contributed by atoms with Crippen molar-refractivity contribution in [2.45, 2.75) is 26.1 Å². The van der Waals surface area contributed by atoms with E-state index in [0.717, 1.165) is 0 Å². The van der Waals surface area contributed by atoms with Gasteiger partial charge in [-0.05, 0) is 38.1 Å². The van der Waals surface area contributed by atoms with Crippen molar-refractivity contribution in [3.05, 3.63) is 52.9 Å². The van der Waals surface area contributed by atoms with Crippen LogP contribution in [0.1, 0.15) is 25.5 Å². The predicted octanol–water partition coefficient (Wildman–Crippen LogP) is 5.76. The number of carbonyl (C=O) groups is 1. The Bertz CT molecular complexity index is 1040. The van der Waals surface area contributed by atoms with Crippen LogP contribution in [0.3, 0.4) is 0 Å². The molecule has 1 unspecified atom stereocenters. The first kappa shape index (κ1) is 20.9. The van der Waals surface area contributed by atoms with Gasteiger partial charge in [0.15, 0.2) is 11.6 Å². The van der Waals surface area contributed by atoms with Gasteiger partial charge in [-0.1, -0.05) is 11.6 Å². The standard InChI is InChI=1S/C19H15ClF4N2O3/c1-3-28-18(27)10(2)26-16-8-13(5-4-11(16)9-25-26)29-17-14(20)6-12(7-15(17)21)19(22,23)24/h4-10H,3H2,1-2H3. The van der Waals surface area contributed by atoms with E-state index in [-0.39, 0.29) is 12.4 Å². The minimum absolute atomic E-state index is 0.107. The second-order valence-electron chi connectivity index (χ2n) is 6.11. The van der Waals surface area contributed by atoms with Crippen molar-refractivity contribution in [1.29, 1.82) is 0 Å². The number of hydrogen-bond acceptors (Lipinski definition) is 4. The molecule has 0 aliphatic carbocycles. The van der Waals surface area contributed by atoms with Crippen molar-refractivity contribution >= 4 is 28.5 Å². The van der Waals surface area contributed by atoms with Gasteiger partial charge in [0.25, 0.3) is 0 Å². The molecule has 0 fully saturated rings. The number of hydrogen-bond donors (Lipinski definition) is 0. The Balaban J connectivity index is 1.96. The zero-order chi connectivity index (χ0) is 21.3. The first-order valence-corrected chi connectivity index (χ1v) is 8.87. The van der Waals surface area contributed by atoms with E-state index >= 15 is 0 Å². The number of nitrogens with zero attached hydrogens (tertiary/aromatic N) is 2. The molecule has 1 atom stereocenters. The Morgan fingerprint density at radius 1 is 1.28 bits per heavy atom. The molecule has 5 nitrogen and oxygen atoms in total. The lowest BCUT2D eigenvalue weighted by Crippen LogP contribution is -2.20. The Labute approximate surface area is 167 Å². The van der Waals surface area contributed by atoms with Crippen molar-refractivity contribution in [3.8, 4) is 11.5 Å². The smallest absolute Gasteiger partial charge is 0.416 e. The third-order valence-corrected chi connectivity index (χ3v) is 4.39. The molecule has 0 bridgehead atoms. The lowest BCUT2D eigenvalue weighted by atomic mass is 10.2. The van der Waals surface area contributed by atoms with Crippen LogP contribution in [0.25, 0.3) is 10.9 Å². The molecule has 29 heavy (non-hydrogen) atoms. The third-order valence-electron chi connectivity index (χ3n) is 4.11. The SMILES string of the molecule is CCOC(=O)C(C)n1ncc2ccc(Oc3c(F)cc(C(F)(F)F)cc3Cl)cc21. The Morgan fingerprint density at radius 2 is 2.00 bits per heavy atom. The van der Waals surface area contributed by atoms with Crippen molar-refractivity contribution < 1.29 is 31.8 Å². The average Bonchev–Trinajstić information content (AvgIpc) is 3.06. The van der Waals surface area contributed by atoms with E-state index in [1.165, 1.54) is 23.0 Å². The molecule has 0 amide bonds. The van der Waals surface area contributed by atoms with E-state index in [1.807, 2.05) is 0 Å². The monoisotopic (exact) mass is 430 g/mol. The summed E-state index contributed by atoms with van der Waals surface area (Å²) in [7, 11) is 0. The number of esters is 1. The van der Waals surface area contributed by atoms with Crippen LogP contribution in [-0.2, 0) is 15.7 Å². The highest BCUT2D eigenvalue weighted by Gasteiger charge is 2.32. The molecule has 154 valence electrons. The summed E-state index contributed by atoms with van der Waals surface area (Å²) in [4.78, 5) is 12.0. The second-order valence-corrected chi connectivity index (χ2v) is 6.51. The van der Waals surface area contributed by atoms with E-state index in [9.17, 15) is 22.4 Å². The van der Waals surface area contributed by atoms with Gasteiger partial charge in [-0.2, -0.15) is 18.3 Å². The largest absolute Gasteiger partial charge is 0.464 e. The zero-order valence-electron chi connectivity index (χ0n) is 15.3. The van der Waals surface area contributed by atoms with E-state index < -0.39 is 40.3 Å². The molecule has 2 aromatic carbocycles. The number of fused-ring (bicyclic) bond motifs is 1. The number of aromatic nitrogens is 2. The molecule has 3 rings (SSSR count). The van der Waals surface area contributed by atoms with Crippen molar-refractivity contribution in [2.24, 2.45) is 0 Å². The minimum Gasteiger partial charge on any atom is -0.464 e. The van der Waals surface area contributed by atoms with Crippen LogP contribution in [0.15, 0.2) is 36.5 Å². The summed E-state index contributed by atoms with van der Waals surface area (Å²) in [5.41, 5.74) is -0.726. The summed E-state index contributed by atoms with van der Waals surface area (Å²) in [5.74, 6) is -2.17. The molecule has 0 aliphatic rings. The molecule has 0 saturated carbocycles. The average molecular weight is 431 g/mol. The highest BCUT2D eigenvalue weighted by molar-refractivity contribution is 6.32. The summed E-state index contributed by atoms with van der Waals surface area (Å²) >= 11 is 5.80. The summed E-state index contributed by atoms with van der Waals surface area (Å²) in [6.45, 7) is 3.49. The summed E-state index contributed by atoms with van der Waals surface area (Å²) in [5, 5.41) is 4.31. The second kappa shape index (κ2) is 7.90. The lowest BCUT2D eigenvalue weighted by Gasteiger charge is -2.14. The number of carbonyl (C=O) groups excluding carboxylic acids is 1. The molecular weight excluding hydrogens is 416 g/mol. The van der Waals surface area contributed by atoms with Crippen LogP contribution < -0.4 is 4.74 Å². The fraction of sp³-hybridized carbons (Fsp3) is 0.263. The normalized spacial score (nSPS) is 12.8. The van der Waals surface area contributed by atoms with Gasteiger partial charge in [0.1, 0.15) is 11.8 Å². The highest BCUT2D eigenvalue weighted by Crippen LogP contribution is 2.39. The summed E-state index contributed by atoms with van der Waals surface area (Å²) < 4.78 is 64.3. The Hall–Kier alpha value is -2.81. The van der Waals surface area contributed by atoms with E-state index in [0.29, 0.717) is 23.0 Å². The molecule has 10 heteroatoms. The third kappa shape index (κ3) is 4.29. The van der Waals surface area contributed by atoms with E-state index in [4.69, 9.17) is 21.1 Å². The molecule has 1 aromatic heterocycles. The fourth-order valence-corrected chi connectivity index (χ4v) is 2.94. The molecule has 0 spiro atoms. The molecule has 0 aliphatic heterocycles. The number of benzene rings is 2.